The third-order valence-corrected chi connectivity index (χ3v) is 8.66. The third kappa shape index (κ3) is 24.6. The van der Waals surface area contributed by atoms with E-state index in [-0.39, 0.29) is 5.25 Å². The van der Waals surface area contributed by atoms with Crippen molar-refractivity contribution in [2.45, 2.75) is 148 Å². The van der Waals surface area contributed by atoms with E-state index in [0.717, 1.165) is 17.3 Å². The Hall–Kier alpha value is 0.170. The van der Waals surface area contributed by atoms with Crippen LogP contribution in [0.3, 0.4) is 0 Å². The fraction of sp³-hybridized carbons (Fsp3) is 0.963. The largest absolute Gasteiger partial charge is 0.480 e. The summed E-state index contributed by atoms with van der Waals surface area (Å²) in [7, 11) is 0. The number of hydrogen-bond acceptors (Lipinski definition) is 3. The molecular weight excluding hydrogens is 420 g/mol. The summed E-state index contributed by atoms with van der Waals surface area (Å²) in [5.74, 6) is 2.29. The zero-order chi connectivity index (χ0) is 22.8. The minimum Gasteiger partial charge on any atom is -0.480 e. The van der Waals surface area contributed by atoms with E-state index in [4.69, 9.17) is 0 Å². The van der Waals surface area contributed by atoms with E-state index >= 15 is 0 Å². The highest BCUT2D eigenvalue weighted by atomic mass is 32.2. The van der Waals surface area contributed by atoms with Crippen LogP contribution in [0.4, 0.5) is 0 Å². The molecule has 0 aliphatic carbocycles. The van der Waals surface area contributed by atoms with Crippen molar-refractivity contribution in [3.63, 3.8) is 0 Å². The van der Waals surface area contributed by atoms with Gasteiger partial charge >= 0.3 is 5.97 Å². The van der Waals surface area contributed by atoms with Crippen molar-refractivity contribution in [2.24, 2.45) is 0 Å². The third-order valence-electron chi connectivity index (χ3n) is 6.00. The van der Waals surface area contributed by atoms with E-state index in [9.17, 15) is 9.90 Å². The molecule has 0 heterocycles. The van der Waals surface area contributed by atoms with Gasteiger partial charge in [-0.05, 0) is 24.3 Å². The maximum atomic E-state index is 11.5. The molecule has 0 aliphatic rings. The summed E-state index contributed by atoms with van der Waals surface area (Å²) in [5, 5.41) is 9.26. The highest BCUT2D eigenvalue weighted by Crippen LogP contribution is 2.21. The number of aliphatic carboxylic acids is 1. The Labute approximate surface area is 203 Å². The fourth-order valence-electron chi connectivity index (χ4n) is 3.89. The van der Waals surface area contributed by atoms with Crippen LogP contribution in [0.1, 0.15) is 142 Å². The van der Waals surface area contributed by atoms with E-state index in [2.05, 4.69) is 13.8 Å². The van der Waals surface area contributed by atoms with Crippen molar-refractivity contribution in [2.75, 3.05) is 17.3 Å². The number of carbonyl (C=O) groups is 1. The zero-order valence-electron chi connectivity index (χ0n) is 21.0. The molecule has 0 saturated heterocycles. The first-order valence-electron chi connectivity index (χ1n) is 13.6. The molecule has 0 amide bonds. The van der Waals surface area contributed by atoms with Crippen molar-refractivity contribution in [1.29, 1.82) is 0 Å². The molecule has 0 spiro atoms. The lowest BCUT2D eigenvalue weighted by atomic mass is 10.1. The van der Waals surface area contributed by atoms with Gasteiger partial charge in [0.25, 0.3) is 0 Å². The van der Waals surface area contributed by atoms with Crippen LogP contribution in [-0.4, -0.2) is 33.6 Å². The predicted octanol–water partition coefficient (Wildman–Crippen LogP) is 9.75. The molecule has 1 atom stereocenters. The summed E-state index contributed by atoms with van der Waals surface area (Å²) in [6.45, 7) is 4.54. The summed E-state index contributed by atoms with van der Waals surface area (Å²) in [6, 6.07) is 0. The van der Waals surface area contributed by atoms with Gasteiger partial charge in [0.15, 0.2) is 0 Å². The quantitative estimate of drug-likeness (QED) is 0.127. The van der Waals surface area contributed by atoms with Gasteiger partial charge < -0.3 is 5.11 Å². The van der Waals surface area contributed by atoms with Crippen molar-refractivity contribution in [3.05, 3.63) is 0 Å². The van der Waals surface area contributed by atoms with E-state index < -0.39 is 5.97 Å². The van der Waals surface area contributed by atoms with E-state index in [1.54, 1.807) is 11.8 Å². The molecule has 0 bridgehead atoms. The maximum Gasteiger partial charge on any atom is 0.317 e. The van der Waals surface area contributed by atoms with Gasteiger partial charge in [-0.2, -0.15) is 11.8 Å². The molecule has 186 valence electrons. The van der Waals surface area contributed by atoms with Gasteiger partial charge in [-0.3, -0.25) is 4.79 Å². The predicted molar refractivity (Wildman–Crippen MR) is 145 cm³/mol. The van der Waals surface area contributed by atoms with Crippen molar-refractivity contribution < 1.29 is 9.90 Å². The van der Waals surface area contributed by atoms with Gasteiger partial charge in [0, 0.05) is 5.75 Å². The minimum atomic E-state index is -0.618. The molecule has 2 nitrogen and oxygen atoms in total. The first-order chi connectivity index (χ1) is 15.2. The number of unbranched alkanes of at least 4 members (excludes halogenated alkanes) is 18. The van der Waals surface area contributed by atoms with Crippen LogP contribution in [0.15, 0.2) is 0 Å². The SMILES string of the molecule is CCCCCCCCCCCCSCC(SCCCCCCCCCCCC)C(=O)O. The van der Waals surface area contributed by atoms with Crippen molar-refractivity contribution in [3.8, 4) is 0 Å². The molecule has 0 aliphatic heterocycles. The lowest BCUT2D eigenvalue weighted by Gasteiger charge is -2.12. The van der Waals surface area contributed by atoms with Gasteiger partial charge in [0.2, 0.25) is 0 Å². The fourth-order valence-corrected chi connectivity index (χ4v) is 6.29. The van der Waals surface area contributed by atoms with Crippen LogP contribution in [0.25, 0.3) is 0 Å². The van der Waals surface area contributed by atoms with Gasteiger partial charge in [-0.1, -0.05) is 129 Å². The average Bonchev–Trinajstić information content (AvgIpc) is 2.76. The van der Waals surface area contributed by atoms with Crippen LogP contribution in [-0.2, 0) is 4.79 Å². The number of carboxylic acid groups (broad SMARTS) is 1. The molecule has 0 aromatic heterocycles. The van der Waals surface area contributed by atoms with Gasteiger partial charge in [-0.15, -0.1) is 11.8 Å². The Morgan fingerprint density at radius 1 is 0.581 bits per heavy atom. The Balaban J connectivity index is 3.43. The second-order valence-electron chi connectivity index (χ2n) is 9.14. The number of hydrogen-bond donors (Lipinski definition) is 1. The number of rotatable bonds is 26. The second kappa shape index (κ2) is 26.4. The summed E-state index contributed by atoms with van der Waals surface area (Å²) in [6.07, 6.45) is 27.1. The van der Waals surface area contributed by atoms with Gasteiger partial charge in [0.1, 0.15) is 5.25 Å². The average molecular weight is 475 g/mol. The molecule has 0 aromatic carbocycles. The maximum absolute atomic E-state index is 11.5. The molecule has 0 fully saturated rings. The molecule has 1 N–H and O–H groups in total. The molecule has 1 unspecified atom stereocenters. The lowest BCUT2D eigenvalue weighted by Crippen LogP contribution is -2.20. The Morgan fingerprint density at radius 3 is 1.32 bits per heavy atom. The van der Waals surface area contributed by atoms with Crippen LogP contribution < -0.4 is 0 Å². The highest BCUT2D eigenvalue weighted by Gasteiger charge is 2.17. The molecule has 0 radical (unpaired) electrons. The summed E-state index contributed by atoms with van der Waals surface area (Å²) >= 11 is 3.52. The first-order valence-corrected chi connectivity index (χ1v) is 15.8. The van der Waals surface area contributed by atoms with E-state index in [1.807, 2.05) is 11.8 Å². The van der Waals surface area contributed by atoms with Crippen LogP contribution >= 0.6 is 23.5 Å². The topological polar surface area (TPSA) is 37.3 Å². The standard InChI is InChI=1S/C27H54O2S2/c1-3-5-7-9-11-13-15-17-19-21-23-30-25-26(27(28)29)31-24-22-20-18-16-14-12-10-8-6-4-2/h26H,3-25H2,1-2H3,(H,28,29). The van der Waals surface area contributed by atoms with Gasteiger partial charge in [-0.25, -0.2) is 0 Å². The number of thioether (sulfide) groups is 2. The van der Waals surface area contributed by atoms with E-state index in [1.165, 1.54) is 128 Å². The van der Waals surface area contributed by atoms with Crippen molar-refractivity contribution in [1.82, 2.24) is 0 Å². The number of carboxylic acids is 1. The summed E-state index contributed by atoms with van der Waals surface area (Å²) < 4.78 is 0. The molecule has 31 heavy (non-hydrogen) atoms. The normalized spacial score (nSPS) is 12.3. The molecule has 0 saturated carbocycles. The Kier molecular flexibility index (Phi) is 26.6. The smallest absolute Gasteiger partial charge is 0.317 e. The molecule has 4 heteroatoms. The lowest BCUT2D eigenvalue weighted by molar-refractivity contribution is -0.135. The summed E-state index contributed by atoms with van der Waals surface area (Å²) in [4.78, 5) is 11.5. The molecule has 0 aromatic rings. The van der Waals surface area contributed by atoms with Gasteiger partial charge in [0.05, 0.1) is 0 Å². The first kappa shape index (κ1) is 31.2. The summed E-state index contributed by atoms with van der Waals surface area (Å²) in [5.41, 5.74) is 0. The minimum absolute atomic E-state index is 0.216. The van der Waals surface area contributed by atoms with E-state index in [0.29, 0.717) is 0 Å². The van der Waals surface area contributed by atoms with Crippen LogP contribution in [0, 0.1) is 0 Å². The monoisotopic (exact) mass is 474 g/mol. The molecular formula is C27H54O2S2. The highest BCUT2D eigenvalue weighted by molar-refractivity contribution is 8.03. The van der Waals surface area contributed by atoms with Crippen molar-refractivity contribution >= 4 is 29.5 Å². The zero-order valence-corrected chi connectivity index (χ0v) is 22.6. The van der Waals surface area contributed by atoms with Crippen LogP contribution in [0.2, 0.25) is 0 Å². The Morgan fingerprint density at radius 2 is 0.935 bits per heavy atom. The molecule has 0 rings (SSSR count). The Bertz CT molecular complexity index is 363. The van der Waals surface area contributed by atoms with Crippen LogP contribution in [0.5, 0.6) is 0 Å². The second-order valence-corrected chi connectivity index (χ2v) is 11.6.